The highest BCUT2D eigenvalue weighted by Crippen LogP contribution is 2.56. The number of hydrogen-bond acceptors (Lipinski definition) is 2. The Kier molecular flexibility index (Phi) is 5.42. The van der Waals surface area contributed by atoms with Gasteiger partial charge in [-0.2, -0.15) is 0 Å². The van der Waals surface area contributed by atoms with Gasteiger partial charge in [-0.1, -0.05) is 92.3 Å². The summed E-state index contributed by atoms with van der Waals surface area (Å²) in [6.07, 6.45) is 7.79. The number of rotatable bonds is 5. The van der Waals surface area contributed by atoms with E-state index in [1.807, 2.05) is 24.8 Å². The van der Waals surface area contributed by atoms with E-state index in [2.05, 4.69) is 108 Å². The van der Waals surface area contributed by atoms with E-state index in [1.165, 1.54) is 43.8 Å². The molecule has 1 aliphatic rings. The smallest absolute Gasteiger partial charge is 0.118 e. The van der Waals surface area contributed by atoms with Crippen LogP contribution in [0.25, 0.3) is 21.5 Å². The van der Waals surface area contributed by atoms with Crippen LogP contribution in [0.4, 0.5) is 0 Å². The van der Waals surface area contributed by atoms with Crippen molar-refractivity contribution < 1.29 is 0 Å². The molecule has 0 fully saturated rings. The molecular formula is C29H26N2Si. The van der Waals surface area contributed by atoms with Gasteiger partial charge in [-0.15, -0.1) is 0 Å². The SMILES string of the molecule is CC[Si]1(C)C(c2cccnc2)=C(c2ccccc2)C(c2ccccc2)=C1c1cccnc1. The summed E-state index contributed by atoms with van der Waals surface area (Å²) >= 11 is 0. The number of nitrogens with zero attached hydrogens (tertiary/aromatic N) is 2. The standard InChI is InChI=1S/C29H26N2Si/c1-3-32(2)28(24-16-10-18-30-20-24)26(22-12-6-4-7-13-22)27(23-14-8-5-9-15-23)29(32)25-17-11-19-31-21-25/h4-21H,3H2,1-2H3. The molecular weight excluding hydrogens is 404 g/mol. The highest BCUT2D eigenvalue weighted by atomic mass is 28.3. The van der Waals surface area contributed by atoms with Gasteiger partial charge in [0.15, 0.2) is 0 Å². The lowest BCUT2D eigenvalue weighted by Gasteiger charge is -2.29. The van der Waals surface area contributed by atoms with Crippen molar-refractivity contribution in [3.8, 4) is 0 Å². The molecule has 2 aromatic carbocycles. The van der Waals surface area contributed by atoms with Crippen LogP contribution in [-0.2, 0) is 0 Å². The summed E-state index contributed by atoms with van der Waals surface area (Å²) in [5.41, 5.74) is 7.68. The number of benzene rings is 2. The second kappa shape index (κ2) is 8.52. The first kappa shape index (κ1) is 20.3. The van der Waals surface area contributed by atoms with Gasteiger partial charge in [-0.05, 0) is 55.9 Å². The number of pyridine rings is 2. The highest BCUT2D eigenvalue weighted by molar-refractivity contribution is 7.13. The van der Waals surface area contributed by atoms with Crippen LogP contribution in [0.2, 0.25) is 12.6 Å². The maximum absolute atomic E-state index is 4.51. The minimum absolute atomic E-state index is 1.11. The topological polar surface area (TPSA) is 25.8 Å². The van der Waals surface area contributed by atoms with Crippen molar-refractivity contribution in [2.24, 2.45) is 0 Å². The largest absolute Gasteiger partial charge is 0.264 e. The molecule has 0 saturated heterocycles. The average Bonchev–Trinajstić information content (AvgIpc) is 3.16. The lowest BCUT2D eigenvalue weighted by molar-refractivity contribution is 1.30. The molecule has 2 nitrogen and oxygen atoms in total. The van der Waals surface area contributed by atoms with Gasteiger partial charge in [0.05, 0.1) is 0 Å². The predicted octanol–water partition coefficient (Wildman–Crippen LogP) is 7.19. The van der Waals surface area contributed by atoms with Crippen molar-refractivity contribution in [3.63, 3.8) is 0 Å². The van der Waals surface area contributed by atoms with E-state index in [9.17, 15) is 0 Å². The zero-order chi connectivity index (χ0) is 22.0. The second-order valence-electron chi connectivity index (χ2n) is 8.40. The second-order valence-corrected chi connectivity index (χ2v) is 12.8. The van der Waals surface area contributed by atoms with Crippen molar-refractivity contribution in [1.82, 2.24) is 9.97 Å². The zero-order valence-corrected chi connectivity index (χ0v) is 19.5. The Morgan fingerprint density at radius 1 is 0.562 bits per heavy atom. The summed E-state index contributed by atoms with van der Waals surface area (Å²) in [6.45, 7) is 4.85. The van der Waals surface area contributed by atoms with Crippen molar-refractivity contribution in [3.05, 3.63) is 132 Å². The summed E-state index contributed by atoms with van der Waals surface area (Å²) in [4.78, 5) is 9.02. The first-order chi connectivity index (χ1) is 15.7. The first-order valence-electron chi connectivity index (χ1n) is 11.2. The third kappa shape index (κ3) is 3.35. The van der Waals surface area contributed by atoms with E-state index in [0.29, 0.717) is 0 Å². The fraction of sp³-hybridized carbons (Fsp3) is 0.103. The van der Waals surface area contributed by atoms with Gasteiger partial charge >= 0.3 is 0 Å². The van der Waals surface area contributed by atoms with Crippen LogP contribution in [0.5, 0.6) is 0 Å². The van der Waals surface area contributed by atoms with Crippen molar-refractivity contribution in [1.29, 1.82) is 0 Å². The van der Waals surface area contributed by atoms with Crippen LogP contribution < -0.4 is 0 Å². The van der Waals surface area contributed by atoms with Crippen LogP contribution in [0.1, 0.15) is 29.2 Å². The molecule has 156 valence electrons. The van der Waals surface area contributed by atoms with Crippen LogP contribution in [0.15, 0.2) is 110 Å². The average molecular weight is 431 g/mol. The van der Waals surface area contributed by atoms with Gasteiger partial charge in [-0.25, -0.2) is 0 Å². The first-order valence-corrected chi connectivity index (χ1v) is 13.9. The van der Waals surface area contributed by atoms with Crippen molar-refractivity contribution in [2.75, 3.05) is 0 Å². The van der Waals surface area contributed by atoms with Crippen LogP contribution in [0, 0.1) is 0 Å². The quantitative estimate of drug-likeness (QED) is 0.313. The summed E-state index contributed by atoms with van der Waals surface area (Å²) in [5, 5.41) is 2.94. The fourth-order valence-corrected chi connectivity index (χ4v) is 9.18. The van der Waals surface area contributed by atoms with Gasteiger partial charge in [0.25, 0.3) is 0 Å². The fourth-order valence-electron chi connectivity index (χ4n) is 5.01. The van der Waals surface area contributed by atoms with E-state index in [4.69, 9.17) is 0 Å². The molecule has 0 bridgehead atoms. The van der Waals surface area contributed by atoms with Crippen LogP contribution >= 0.6 is 0 Å². The lowest BCUT2D eigenvalue weighted by Crippen LogP contribution is -2.32. The van der Waals surface area contributed by atoms with E-state index in [-0.39, 0.29) is 0 Å². The molecule has 4 aromatic rings. The Hall–Kier alpha value is -3.56. The molecule has 0 radical (unpaired) electrons. The maximum atomic E-state index is 4.51. The summed E-state index contributed by atoms with van der Waals surface area (Å²) < 4.78 is 0. The maximum Gasteiger partial charge on any atom is 0.118 e. The molecule has 0 atom stereocenters. The third-order valence-electron chi connectivity index (χ3n) is 6.59. The molecule has 0 spiro atoms. The molecule has 0 amide bonds. The Labute approximate surface area is 191 Å². The third-order valence-corrected chi connectivity index (χ3v) is 11.3. The Bertz CT molecular complexity index is 1180. The molecule has 0 saturated carbocycles. The van der Waals surface area contributed by atoms with Gasteiger partial charge in [0, 0.05) is 24.8 Å². The number of hydrogen-bond donors (Lipinski definition) is 0. The Morgan fingerprint density at radius 2 is 0.969 bits per heavy atom. The predicted molar refractivity (Wildman–Crippen MR) is 137 cm³/mol. The summed E-state index contributed by atoms with van der Waals surface area (Å²) in [6, 6.07) is 31.4. The van der Waals surface area contributed by atoms with Crippen molar-refractivity contribution >= 4 is 29.6 Å². The molecule has 0 N–H and O–H groups in total. The number of aromatic nitrogens is 2. The Balaban J connectivity index is 1.94. The van der Waals surface area contributed by atoms with E-state index in [1.54, 1.807) is 0 Å². The van der Waals surface area contributed by atoms with Gasteiger partial charge < -0.3 is 0 Å². The molecule has 3 heteroatoms. The molecule has 0 aliphatic carbocycles. The Morgan fingerprint density at radius 3 is 1.31 bits per heavy atom. The molecule has 32 heavy (non-hydrogen) atoms. The molecule has 0 unspecified atom stereocenters. The normalized spacial score (nSPS) is 15.3. The van der Waals surface area contributed by atoms with Gasteiger partial charge in [-0.3, -0.25) is 9.97 Å². The summed E-state index contributed by atoms with van der Waals surface area (Å²) in [7, 11) is -2.11. The number of allylic oxidation sites excluding steroid dienone is 2. The van der Waals surface area contributed by atoms with Gasteiger partial charge in [0.1, 0.15) is 8.07 Å². The molecule has 2 aromatic heterocycles. The molecule has 5 rings (SSSR count). The minimum atomic E-state index is -2.11. The van der Waals surface area contributed by atoms with Crippen LogP contribution in [0.3, 0.4) is 0 Å². The van der Waals surface area contributed by atoms with E-state index < -0.39 is 8.07 Å². The highest BCUT2D eigenvalue weighted by Gasteiger charge is 2.45. The molecule has 1 aliphatic heterocycles. The van der Waals surface area contributed by atoms with E-state index in [0.717, 1.165) is 6.04 Å². The minimum Gasteiger partial charge on any atom is -0.264 e. The summed E-state index contributed by atoms with van der Waals surface area (Å²) in [5.74, 6) is 0. The molecule has 3 heterocycles. The van der Waals surface area contributed by atoms with Gasteiger partial charge in [0.2, 0.25) is 0 Å². The van der Waals surface area contributed by atoms with Crippen molar-refractivity contribution in [2.45, 2.75) is 19.5 Å². The monoisotopic (exact) mass is 430 g/mol. The van der Waals surface area contributed by atoms with Crippen LogP contribution in [-0.4, -0.2) is 18.0 Å². The zero-order valence-electron chi connectivity index (χ0n) is 18.5. The lowest BCUT2D eigenvalue weighted by atomic mass is 9.89. The van der Waals surface area contributed by atoms with E-state index >= 15 is 0 Å².